The maximum absolute atomic E-state index is 11.8. The summed E-state index contributed by atoms with van der Waals surface area (Å²) in [5.41, 5.74) is 2.26. The molecule has 4 heteroatoms. The second kappa shape index (κ2) is 5.10. The first-order valence-electron chi connectivity index (χ1n) is 5.16. The minimum atomic E-state index is 0.524. The minimum Gasteiger partial charge on any atom is -0.594 e. The van der Waals surface area contributed by atoms with Crippen LogP contribution < -0.4 is 0 Å². The number of azo groups is 1. The Morgan fingerprint density at radius 3 is 2.47 bits per heavy atom. The number of benzene rings is 2. The molecule has 3 nitrogen and oxygen atoms in total. The van der Waals surface area contributed by atoms with E-state index in [4.69, 9.17) is 0 Å². The molecule has 0 radical (unpaired) electrons. The molecule has 86 valence electrons. The third kappa shape index (κ3) is 3.14. The van der Waals surface area contributed by atoms with Crippen LogP contribution in [-0.4, -0.2) is 4.86 Å². The molecule has 0 saturated heterocycles. The summed E-state index contributed by atoms with van der Waals surface area (Å²) < 4.78 is 0.899. The van der Waals surface area contributed by atoms with Crippen LogP contribution in [0.25, 0.3) is 0 Å². The van der Waals surface area contributed by atoms with Gasteiger partial charge in [-0.3, -0.25) is 0 Å². The molecular formula is C13H11BrN2O. The molecule has 0 aromatic heterocycles. The molecule has 0 saturated carbocycles. The molecule has 0 amide bonds. The fraction of sp³-hybridized carbons (Fsp3) is 0.0769. The van der Waals surface area contributed by atoms with Gasteiger partial charge in [-0.05, 0) is 25.1 Å². The van der Waals surface area contributed by atoms with Gasteiger partial charge in [0, 0.05) is 21.7 Å². The molecule has 0 spiro atoms. The summed E-state index contributed by atoms with van der Waals surface area (Å²) in [6.45, 7) is 1.98. The summed E-state index contributed by atoms with van der Waals surface area (Å²) in [6, 6.07) is 14.6. The van der Waals surface area contributed by atoms with Crippen LogP contribution in [0.4, 0.5) is 11.4 Å². The summed E-state index contributed by atoms with van der Waals surface area (Å²) in [5, 5.41) is 15.7. The van der Waals surface area contributed by atoms with Crippen LogP contribution in [0.3, 0.4) is 0 Å². The predicted molar refractivity (Wildman–Crippen MR) is 70.7 cm³/mol. The van der Waals surface area contributed by atoms with E-state index in [-0.39, 0.29) is 0 Å². The third-order valence-electron chi connectivity index (χ3n) is 2.27. The molecular weight excluding hydrogens is 280 g/mol. The molecule has 2 aromatic carbocycles. The SMILES string of the molecule is Cc1ccc([N+]([O-])=Nc2cccc(Br)c2)cc1. The molecule has 0 aliphatic carbocycles. The van der Waals surface area contributed by atoms with E-state index in [2.05, 4.69) is 21.0 Å². The van der Waals surface area contributed by atoms with Crippen molar-refractivity contribution in [1.29, 1.82) is 0 Å². The maximum atomic E-state index is 11.8. The molecule has 0 aliphatic heterocycles. The van der Waals surface area contributed by atoms with E-state index in [1.54, 1.807) is 24.3 Å². The molecule has 2 rings (SSSR count). The Bertz CT molecular complexity index is 550. The number of hydrogen-bond donors (Lipinski definition) is 0. The second-order valence-corrected chi connectivity index (χ2v) is 4.60. The van der Waals surface area contributed by atoms with Crippen LogP contribution in [-0.2, 0) is 0 Å². The summed E-state index contributed by atoms with van der Waals surface area (Å²) >= 11 is 3.34. The van der Waals surface area contributed by atoms with Gasteiger partial charge in [-0.1, -0.05) is 44.6 Å². The largest absolute Gasteiger partial charge is 0.594 e. The zero-order valence-electron chi connectivity index (χ0n) is 9.30. The van der Waals surface area contributed by atoms with Gasteiger partial charge >= 0.3 is 0 Å². The highest BCUT2D eigenvalue weighted by Crippen LogP contribution is 2.21. The highest BCUT2D eigenvalue weighted by molar-refractivity contribution is 9.10. The zero-order valence-corrected chi connectivity index (χ0v) is 10.9. The third-order valence-corrected chi connectivity index (χ3v) is 2.76. The van der Waals surface area contributed by atoms with Crippen LogP contribution in [0, 0.1) is 12.1 Å². The van der Waals surface area contributed by atoms with E-state index in [9.17, 15) is 5.21 Å². The molecule has 0 bridgehead atoms. The lowest BCUT2D eigenvalue weighted by Crippen LogP contribution is -1.90. The van der Waals surface area contributed by atoms with Gasteiger partial charge in [0.25, 0.3) is 0 Å². The minimum absolute atomic E-state index is 0.524. The highest BCUT2D eigenvalue weighted by atomic mass is 79.9. The first-order chi connectivity index (χ1) is 8.15. The van der Waals surface area contributed by atoms with E-state index in [0.29, 0.717) is 16.2 Å². The number of nitrogens with zero attached hydrogens (tertiary/aromatic N) is 2. The van der Waals surface area contributed by atoms with E-state index >= 15 is 0 Å². The monoisotopic (exact) mass is 290 g/mol. The number of halogens is 1. The predicted octanol–water partition coefficient (Wildman–Crippen LogP) is 4.68. The van der Waals surface area contributed by atoms with Gasteiger partial charge in [0.1, 0.15) is 5.69 Å². The van der Waals surface area contributed by atoms with Gasteiger partial charge in [-0.25, -0.2) is 0 Å². The molecule has 0 unspecified atom stereocenters. The van der Waals surface area contributed by atoms with Crippen molar-refractivity contribution in [2.75, 3.05) is 0 Å². The molecule has 17 heavy (non-hydrogen) atoms. The van der Waals surface area contributed by atoms with Crippen molar-refractivity contribution in [3.8, 4) is 0 Å². The Hall–Kier alpha value is -1.68. The van der Waals surface area contributed by atoms with E-state index in [1.807, 2.05) is 31.2 Å². The molecule has 0 N–H and O–H groups in total. The Kier molecular flexibility index (Phi) is 3.54. The van der Waals surface area contributed by atoms with Gasteiger partial charge < -0.3 is 5.21 Å². The molecule has 0 heterocycles. The normalized spacial score (nSPS) is 11.5. The lowest BCUT2D eigenvalue weighted by atomic mass is 10.2. The Morgan fingerprint density at radius 1 is 1.12 bits per heavy atom. The van der Waals surface area contributed by atoms with Crippen LogP contribution in [0.5, 0.6) is 0 Å². The molecule has 0 aliphatic rings. The summed E-state index contributed by atoms with van der Waals surface area (Å²) in [7, 11) is 0. The van der Waals surface area contributed by atoms with Crippen molar-refractivity contribution in [3.05, 3.63) is 63.8 Å². The Morgan fingerprint density at radius 2 is 1.82 bits per heavy atom. The zero-order chi connectivity index (χ0) is 12.3. The van der Waals surface area contributed by atoms with Crippen molar-refractivity contribution in [2.24, 2.45) is 5.11 Å². The lowest BCUT2D eigenvalue weighted by Gasteiger charge is -2.00. The average Bonchev–Trinajstić information content (AvgIpc) is 2.29. The quantitative estimate of drug-likeness (QED) is 0.449. The van der Waals surface area contributed by atoms with Gasteiger partial charge in [0.15, 0.2) is 0 Å². The van der Waals surface area contributed by atoms with Crippen molar-refractivity contribution in [3.63, 3.8) is 0 Å². The van der Waals surface area contributed by atoms with Gasteiger partial charge in [-0.2, -0.15) is 0 Å². The topological polar surface area (TPSA) is 38.4 Å². The first-order valence-corrected chi connectivity index (χ1v) is 5.95. The van der Waals surface area contributed by atoms with E-state index < -0.39 is 0 Å². The number of hydrogen-bond acceptors (Lipinski definition) is 2. The first kappa shape index (κ1) is 11.8. The van der Waals surface area contributed by atoms with E-state index in [0.717, 1.165) is 10.0 Å². The van der Waals surface area contributed by atoms with Gasteiger partial charge in [-0.15, -0.1) is 0 Å². The molecule has 2 aromatic rings. The fourth-order valence-electron chi connectivity index (χ4n) is 1.37. The van der Waals surface area contributed by atoms with Gasteiger partial charge in [0.05, 0.1) is 0 Å². The molecule has 0 atom stereocenters. The van der Waals surface area contributed by atoms with Crippen molar-refractivity contribution in [1.82, 2.24) is 0 Å². The van der Waals surface area contributed by atoms with E-state index in [1.165, 1.54) is 0 Å². The highest BCUT2D eigenvalue weighted by Gasteiger charge is 2.03. The van der Waals surface area contributed by atoms with Crippen molar-refractivity contribution < 1.29 is 4.86 Å². The maximum Gasteiger partial charge on any atom is 0.244 e. The Balaban J connectivity index is 2.30. The molecule has 0 fully saturated rings. The van der Waals surface area contributed by atoms with Crippen molar-refractivity contribution in [2.45, 2.75) is 6.92 Å². The summed E-state index contributed by atoms with van der Waals surface area (Å²) in [4.78, 5) is 0.626. The second-order valence-electron chi connectivity index (χ2n) is 3.69. The Labute approximate surface area is 108 Å². The number of aryl methyl sites for hydroxylation is 1. The van der Waals surface area contributed by atoms with Crippen LogP contribution in [0.2, 0.25) is 0 Å². The standard InChI is InChI=1S/C13H11BrN2O/c1-10-5-7-13(8-6-10)16(17)15-12-4-2-3-11(14)9-12/h2-9H,1H3. The summed E-state index contributed by atoms with van der Waals surface area (Å²) in [6.07, 6.45) is 0. The van der Waals surface area contributed by atoms with Crippen LogP contribution in [0.1, 0.15) is 5.56 Å². The van der Waals surface area contributed by atoms with Crippen LogP contribution >= 0.6 is 15.9 Å². The number of rotatable bonds is 2. The van der Waals surface area contributed by atoms with Gasteiger partial charge in [0.2, 0.25) is 5.69 Å². The lowest BCUT2D eigenvalue weighted by molar-refractivity contribution is -0.435. The smallest absolute Gasteiger partial charge is 0.244 e. The van der Waals surface area contributed by atoms with Crippen molar-refractivity contribution >= 4 is 27.3 Å². The fourth-order valence-corrected chi connectivity index (χ4v) is 1.76. The summed E-state index contributed by atoms with van der Waals surface area (Å²) in [5.74, 6) is 0. The van der Waals surface area contributed by atoms with Crippen LogP contribution in [0.15, 0.2) is 58.1 Å². The average molecular weight is 291 g/mol.